The summed E-state index contributed by atoms with van der Waals surface area (Å²) in [4.78, 5) is 105. The molecule has 7 aliphatic carbocycles. The van der Waals surface area contributed by atoms with Crippen molar-refractivity contribution >= 4 is 132 Å². The number of aromatic nitrogens is 16. The molecule has 784 valence electrons. The van der Waals surface area contributed by atoms with Crippen LogP contribution in [0, 0.1) is 99.3 Å². The Bertz CT molecular complexity index is 7390. The third-order valence-corrected chi connectivity index (χ3v) is 44.6. The number of pyridine rings is 4. The lowest BCUT2D eigenvalue weighted by molar-refractivity contribution is -0.138. The third-order valence-electron chi connectivity index (χ3n) is 39.1. The van der Waals surface area contributed by atoms with Crippen LogP contribution in [0.15, 0.2) is 50.1 Å². The number of hydrogen-bond donors (Lipinski definition) is 4. The van der Waals surface area contributed by atoms with Gasteiger partial charge in [0.15, 0.2) is 22.6 Å². The van der Waals surface area contributed by atoms with E-state index in [4.69, 9.17) is 0 Å². The zero-order valence-corrected chi connectivity index (χ0v) is 94.8. The van der Waals surface area contributed by atoms with Gasteiger partial charge in [-0.05, 0) is 374 Å². The molecule has 27 rings (SSSR count). The molecular formula is C121H152N20O4S4. The second kappa shape index (κ2) is 38.9. The van der Waals surface area contributed by atoms with Gasteiger partial charge in [-0.15, -0.1) is 45.3 Å². The van der Waals surface area contributed by atoms with Gasteiger partial charge in [0, 0.05) is 171 Å². The summed E-state index contributed by atoms with van der Waals surface area (Å²) >= 11 is 7.92. The molecule has 20 heterocycles. The second-order valence-electron chi connectivity index (χ2n) is 48.8. The highest BCUT2D eigenvalue weighted by molar-refractivity contribution is 7.20. The summed E-state index contributed by atoms with van der Waals surface area (Å²) in [5.41, 5.74) is 35.1. The number of nitrogens with one attached hydrogen (secondary N) is 4. The quantitative estimate of drug-likeness (QED) is 0.0700. The van der Waals surface area contributed by atoms with Crippen LogP contribution in [0.5, 0.6) is 0 Å². The first-order chi connectivity index (χ1) is 71.7. The lowest BCUT2D eigenvalue weighted by atomic mass is 9.74. The molecule has 28 heteroatoms. The minimum atomic E-state index is 0.0420. The molecule has 1 unspecified atom stereocenters. The van der Waals surface area contributed by atoms with Gasteiger partial charge in [0.2, 0.25) is 0 Å². The van der Waals surface area contributed by atoms with Crippen LogP contribution in [-0.4, -0.2) is 198 Å². The van der Waals surface area contributed by atoms with E-state index in [0.29, 0.717) is 88.6 Å². The average molecular weight is 2080 g/mol. The van der Waals surface area contributed by atoms with Crippen molar-refractivity contribution < 1.29 is 19.2 Å². The minimum absolute atomic E-state index is 0.0420. The maximum Gasteiger partial charge on any atom is 0.158 e. The Morgan fingerprint density at radius 3 is 0.765 bits per heavy atom. The Kier molecular flexibility index (Phi) is 26.3. The predicted octanol–water partition coefficient (Wildman–Crippen LogP) is 27.5. The average Bonchev–Trinajstić information content (AvgIpc) is 1.58. The molecule has 16 aromatic rings. The van der Waals surface area contributed by atoms with Gasteiger partial charge in [-0.1, -0.05) is 55.4 Å². The summed E-state index contributed by atoms with van der Waals surface area (Å²) in [6.07, 6.45) is 44.6. The summed E-state index contributed by atoms with van der Waals surface area (Å²) in [7, 11) is 0. The minimum Gasteiger partial charge on any atom is -0.346 e. The van der Waals surface area contributed by atoms with E-state index in [1.165, 1.54) is 257 Å². The van der Waals surface area contributed by atoms with E-state index in [9.17, 15) is 19.2 Å². The van der Waals surface area contributed by atoms with Crippen molar-refractivity contribution in [2.45, 2.75) is 377 Å². The molecular weight excluding hydrogens is 1930 g/mol. The van der Waals surface area contributed by atoms with Gasteiger partial charge in [-0.2, -0.15) is 20.4 Å². The monoisotopic (exact) mass is 2080 g/mol. The Morgan fingerprint density at radius 2 is 0.544 bits per heavy atom. The van der Waals surface area contributed by atoms with Crippen LogP contribution in [-0.2, 0) is 19.2 Å². The van der Waals surface area contributed by atoms with E-state index in [0.717, 1.165) is 165 Å². The fourth-order valence-corrected chi connectivity index (χ4v) is 35.8. The van der Waals surface area contributed by atoms with Crippen LogP contribution in [0.4, 0.5) is 0 Å². The SMILES string of the molecule is Cc1c(-c2[nH]c3sc(C4CCC(N5CC6(CCCC6=O)C5)CC4)c(C)c3c2C(C)C)cn2ncnc2c1C.Cc1c(-c2[nH]c3sc(C4CCC(N5CC6(CCCC6=O)C5)CC4)c(C)c3c2C(C)C)cn2ncnc2c1C.Cc1c(-c2[nH]c3sc(C4CCC(N5CC6(CCCC6=O)C5)CC4)c(C)c3c2C(C)C)cn2ncnc2c1C.Cc1c(-c2[nH]c3sc(C4CCN(C5CCCC5=O)CC4)c(C)c3c2C(C)C)cn2ncnc2c1C. The van der Waals surface area contributed by atoms with Gasteiger partial charge in [-0.3, -0.25) is 38.8 Å². The summed E-state index contributed by atoms with van der Waals surface area (Å²) in [6, 6.07) is 2.21. The fraction of sp³-hybridized carbons (Fsp3) is 0.570. The van der Waals surface area contributed by atoms with Crippen molar-refractivity contribution in [3.8, 4) is 45.0 Å². The summed E-state index contributed by atoms with van der Waals surface area (Å²) in [5, 5.41) is 23.5. The second-order valence-corrected chi connectivity index (χ2v) is 53.0. The number of aryl methyl sites for hydroxylation is 8. The van der Waals surface area contributed by atoms with Gasteiger partial charge < -0.3 is 19.9 Å². The standard InChI is InChI=1S/3C31H39N5OS.C28H35N5OS/c3*1-17(2)25-26-20(5)28(21-8-10-22(11-9-21)35-14-31(15-35)12-6-7-24(31)37)38-30(26)34-27(25)23-13-36-29(32-16-33-36)19(4)18(23)3;1-15(2)23-24-18(5)26(19-9-11-32(12-10-19)21-7-6-8-22(21)34)35-28(24)31-25(23)20-13-33-27(29-14-30-33)17(4)16(20)3/h3*13,16-17,21-22,34H,6-12,14-15H2,1-5H3;13-15,19,21,31H,6-12H2,1-5H3. The van der Waals surface area contributed by atoms with E-state index in [1.807, 2.05) is 63.4 Å². The fourth-order valence-electron chi connectivity index (χ4n) is 30.2. The van der Waals surface area contributed by atoms with Crippen molar-refractivity contribution in [2.24, 2.45) is 16.2 Å². The van der Waals surface area contributed by atoms with Crippen LogP contribution in [0.3, 0.4) is 0 Å². The van der Waals surface area contributed by atoms with Gasteiger partial charge in [0.05, 0.1) is 45.1 Å². The van der Waals surface area contributed by atoms with Crippen LogP contribution >= 0.6 is 45.3 Å². The molecule has 4 aliphatic heterocycles. The lowest BCUT2D eigenvalue weighted by Gasteiger charge is -2.52. The number of ketones is 4. The first kappa shape index (κ1) is 101. The smallest absolute Gasteiger partial charge is 0.158 e. The number of likely N-dealkylation sites (tertiary alicyclic amines) is 4. The van der Waals surface area contributed by atoms with Gasteiger partial charge in [0.25, 0.3) is 0 Å². The zero-order chi connectivity index (χ0) is 103. The van der Waals surface area contributed by atoms with Crippen molar-refractivity contribution in [1.29, 1.82) is 0 Å². The highest BCUT2D eigenvalue weighted by atomic mass is 32.1. The topological polar surface area (TPSA) is 265 Å². The normalized spacial score (nSPS) is 23.0. The van der Waals surface area contributed by atoms with Gasteiger partial charge >= 0.3 is 0 Å². The van der Waals surface area contributed by atoms with Crippen molar-refractivity contribution in [3.63, 3.8) is 0 Å². The van der Waals surface area contributed by atoms with Crippen LogP contribution < -0.4 is 0 Å². The lowest BCUT2D eigenvalue weighted by Crippen LogP contribution is -2.62. The highest BCUT2D eigenvalue weighted by Crippen LogP contribution is 2.58. The van der Waals surface area contributed by atoms with Gasteiger partial charge in [0.1, 0.15) is 67.8 Å². The number of H-pyrrole nitrogens is 4. The number of rotatable bonds is 16. The first-order valence-corrected chi connectivity index (χ1v) is 59.8. The summed E-state index contributed by atoms with van der Waals surface area (Å²) in [6.45, 7) is 53.6. The number of carbonyl (C=O) groups is 4. The van der Waals surface area contributed by atoms with Crippen molar-refractivity contribution in [2.75, 3.05) is 52.4 Å². The van der Waals surface area contributed by atoms with Crippen molar-refractivity contribution in [1.82, 2.24) is 97.9 Å². The number of nitrogens with zero attached hydrogens (tertiary/aromatic N) is 16. The molecule has 16 aromatic heterocycles. The number of piperidine rings is 1. The molecule has 7 saturated carbocycles. The van der Waals surface area contributed by atoms with E-state index in [1.54, 1.807) is 39.9 Å². The third kappa shape index (κ3) is 16.9. The number of Topliss-reactive ketones (excluding diaryl/α,β-unsaturated/α-hetero) is 4. The molecule has 4 N–H and O–H groups in total. The number of thiophene rings is 4. The molecule has 24 nitrogen and oxygen atoms in total. The van der Waals surface area contributed by atoms with Crippen LogP contribution in [0.25, 0.3) is 108 Å². The summed E-state index contributed by atoms with van der Waals surface area (Å²) in [5.74, 6) is 6.28. The maximum atomic E-state index is 12.4. The Morgan fingerprint density at radius 1 is 0.295 bits per heavy atom. The number of carbonyl (C=O) groups excluding carboxylic acids is 4. The van der Waals surface area contributed by atoms with E-state index < -0.39 is 0 Å². The van der Waals surface area contributed by atoms with Gasteiger partial charge in [-0.25, -0.2) is 38.0 Å². The Labute approximate surface area is 891 Å². The number of hydrogen-bond acceptors (Lipinski definition) is 20. The van der Waals surface area contributed by atoms with Crippen LogP contribution in [0.1, 0.15) is 378 Å². The largest absolute Gasteiger partial charge is 0.346 e. The first-order valence-electron chi connectivity index (χ1n) is 56.5. The Balaban J connectivity index is 0.000000106. The molecule has 1 atom stereocenters. The molecule has 11 aliphatic rings. The van der Waals surface area contributed by atoms with E-state index >= 15 is 0 Å². The summed E-state index contributed by atoms with van der Waals surface area (Å²) < 4.78 is 7.64. The molecule has 0 aromatic carbocycles. The molecule has 0 bridgehead atoms. The number of fused-ring (bicyclic) bond motifs is 8. The molecule has 11 fully saturated rings. The Hall–Kier alpha value is -10.0. The van der Waals surface area contributed by atoms with Crippen molar-refractivity contribution in [3.05, 3.63) is 159 Å². The highest BCUT2D eigenvalue weighted by Gasteiger charge is 2.56. The molecule has 0 radical (unpaired) electrons. The predicted molar refractivity (Wildman–Crippen MR) is 606 cm³/mol. The zero-order valence-electron chi connectivity index (χ0n) is 91.5. The molecule has 3 spiro atoms. The molecule has 149 heavy (non-hydrogen) atoms. The molecule has 0 amide bonds. The number of aromatic amines is 4. The van der Waals surface area contributed by atoms with E-state index in [2.05, 4.69) is 243 Å². The molecule has 4 saturated heterocycles. The maximum absolute atomic E-state index is 12.4. The van der Waals surface area contributed by atoms with E-state index in [-0.39, 0.29) is 22.3 Å². The van der Waals surface area contributed by atoms with Crippen LogP contribution in [0.2, 0.25) is 0 Å².